The highest BCUT2D eigenvalue weighted by Crippen LogP contribution is 2.33. The molecule has 138 valence electrons. The summed E-state index contributed by atoms with van der Waals surface area (Å²) in [5, 5.41) is 0.559. The molecule has 0 saturated carbocycles. The minimum Gasteiger partial charge on any atom is -0.348 e. The number of fused-ring (bicyclic) bond motifs is 1. The summed E-state index contributed by atoms with van der Waals surface area (Å²) in [6.07, 6.45) is -1.85. The number of carbonyl (C=O) groups excluding carboxylic acids is 1. The van der Waals surface area contributed by atoms with Crippen LogP contribution in [0.2, 0.25) is 0 Å². The van der Waals surface area contributed by atoms with Crippen molar-refractivity contribution < 1.29 is 18.0 Å². The van der Waals surface area contributed by atoms with E-state index < -0.39 is 11.7 Å². The second-order valence-electron chi connectivity index (χ2n) is 5.96. The van der Waals surface area contributed by atoms with Crippen LogP contribution in [0.3, 0.4) is 0 Å². The zero-order valence-corrected chi connectivity index (χ0v) is 15.2. The van der Waals surface area contributed by atoms with Crippen molar-refractivity contribution in [3.63, 3.8) is 0 Å². The predicted molar refractivity (Wildman–Crippen MR) is 95.5 cm³/mol. The van der Waals surface area contributed by atoms with Gasteiger partial charge in [-0.1, -0.05) is 18.7 Å². The Morgan fingerprint density at radius 2 is 2.04 bits per heavy atom. The van der Waals surface area contributed by atoms with Crippen molar-refractivity contribution in [3.05, 3.63) is 47.8 Å². The number of hydrogen-bond acceptors (Lipinski definition) is 3. The Hall–Kier alpha value is -2.22. The summed E-state index contributed by atoms with van der Waals surface area (Å²) < 4.78 is 42.5. The molecular formula is C18H18F3N3OS. The molecule has 0 amide bonds. The lowest BCUT2D eigenvalue weighted by atomic mass is 10.2. The van der Waals surface area contributed by atoms with Crippen molar-refractivity contribution in [2.24, 2.45) is 7.05 Å². The highest BCUT2D eigenvalue weighted by molar-refractivity contribution is 7.99. The van der Waals surface area contributed by atoms with Gasteiger partial charge in [0.1, 0.15) is 0 Å². The van der Waals surface area contributed by atoms with E-state index in [1.807, 2.05) is 6.92 Å². The molecule has 0 aliphatic rings. The van der Waals surface area contributed by atoms with Gasteiger partial charge in [0.2, 0.25) is 0 Å². The predicted octanol–water partition coefficient (Wildman–Crippen LogP) is 4.78. The van der Waals surface area contributed by atoms with Crippen molar-refractivity contribution in [2.45, 2.75) is 31.2 Å². The topological polar surface area (TPSA) is 39.8 Å². The van der Waals surface area contributed by atoms with Gasteiger partial charge in [-0.2, -0.15) is 13.2 Å². The molecule has 0 radical (unpaired) electrons. The van der Waals surface area contributed by atoms with E-state index in [-0.39, 0.29) is 11.5 Å². The number of aryl methyl sites for hydroxylation is 2. The Bertz CT molecular complexity index is 943. The number of alkyl halides is 3. The van der Waals surface area contributed by atoms with Crippen molar-refractivity contribution in [3.8, 4) is 0 Å². The Labute approximate surface area is 153 Å². The highest BCUT2D eigenvalue weighted by Gasteiger charge is 2.31. The Morgan fingerprint density at radius 1 is 1.27 bits per heavy atom. The molecule has 0 saturated heterocycles. The van der Waals surface area contributed by atoms with Crippen LogP contribution in [0, 0.1) is 0 Å². The summed E-state index contributed by atoms with van der Waals surface area (Å²) in [4.78, 5) is 16.8. The van der Waals surface area contributed by atoms with Crippen LogP contribution in [-0.4, -0.2) is 25.7 Å². The normalized spacial score (nSPS) is 12.0. The summed E-state index contributed by atoms with van der Waals surface area (Å²) in [5.74, 6) is 0.130. The molecule has 0 atom stereocenters. The fraction of sp³-hybridized carbons (Fsp3) is 0.333. The second kappa shape index (κ2) is 7.19. The average molecular weight is 381 g/mol. The number of hydrogen-bond donors (Lipinski definition) is 0. The van der Waals surface area contributed by atoms with Gasteiger partial charge < -0.3 is 9.13 Å². The molecule has 0 N–H and O–H groups in total. The Kier molecular flexibility index (Phi) is 5.13. The third-order valence-electron chi connectivity index (χ3n) is 4.05. The van der Waals surface area contributed by atoms with Crippen molar-refractivity contribution in [2.75, 3.05) is 5.75 Å². The number of benzene rings is 1. The molecule has 2 heterocycles. The molecule has 8 heteroatoms. The highest BCUT2D eigenvalue weighted by atomic mass is 32.2. The SMILES string of the molecule is CCCn1c(SCC(=O)c2cccn2C)nc2ccc(C(F)(F)F)cc21. The first kappa shape index (κ1) is 18.6. The van der Waals surface area contributed by atoms with Crippen LogP contribution in [0.25, 0.3) is 11.0 Å². The number of ketones is 1. The first-order valence-corrected chi connectivity index (χ1v) is 9.14. The molecule has 0 spiro atoms. The number of thioether (sulfide) groups is 1. The van der Waals surface area contributed by atoms with Crippen molar-refractivity contribution in [1.82, 2.24) is 14.1 Å². The molecule has 4 nitrogen and oxygen atoms in total. The maximum absolute atomic E-state index is 13.0. The number of rotatable bonds is 6. The summed E-state index contributed by atoms with van der Waals surface area (Å²) >= 11 is 1.25. The van der Waals surface area contributed by atoms with Crippen LogP contribution in [0.5, 0.6) is 0 Å². The average Bonchev–Trinajstić information content (AvgIpc) is 3.16. The summed E-state index contributed by atoms with van der Waals surface area (Å²) in [5.41, 5.74) is 0.837. The first-order valence-electron chi connectivity index (χ1n) is 8.16. The van der Waals surface area contributed by atoms with Gasteiger partial charge in [-0.25, -0.2) is 4.98 Å². The van der Waals surface area contributed by atoms with Crippen LogP contribution in [0.15, 0.2) is 41.7 Å². The van der Waals surface area contributed by atoms with E-state index in [0.717, 1.165) is 18.6 Å². The summed E-state index contributed by atoms with van der Waals surface area (Å²) in [6, 6.07) is 7.08. The number of carbonyl (C=O) groups is 1. The first-order chi connectivity index (χ1) is 12.3. The van der Waals surface area contributed by atoms with Gasteiger partial charge in [0, 0.05) is 19.8 Å². The third kappa shape index (κ3) is 3.65. The van der Waals surface area contributed by atoms with Crippen LogP contribution in [0.4, 0.5) is 13.2 Å². The maximum Gasteiger partial charge on any atom is 0.416 e. The van der Waals surface area contributed by atoms with Gasteiger partial charge in [0.25, 0.3) is 0 Å². The quantitative estimate of drug-likeness (QED) is 0.456. The second-order valence-corrected chi connectivity index (χ2v) is 6.91. The van der Waals surface area contributed by atoms with Crippen molar-refractivity contribution in [1.29, 1.82) is 0 Å². The van der Waals surface area contributed by atoms with E-state index in [4.69, 9.17) is 0 Å². The zero-order chi connectivity index (χ0) is 18.9. The molecule has 2 aromatic heterocycles. The van der Waals surface area contributed by atoms with Gasteiger partial charge in [0.05, 0.1) is 28.0 Å². The Balaban J connectivity index is 1.91. The largest absolute Gasteiger partial charge is 0.416 e. The van der Waals surface area contributed by atoms with E-state index in [1.54, 1.807) is 34.5 Å². The molecule has 0 bridgehead atoms. The fourth-order valence-electron chi connectivity index (χ4n) is 2.78. The number of imidazole rings is 1. The minimum absolute atomic E-state index is 0.0476. The standard InChI is InChI=1S/C18H18F3N3OS/c1-3-8-24-15-10-12(18(19,20)21)6-7-13(15)22-17(24)26-11-16(25)14-5-4-9-23(14)2/h4-7,9-10H,3,8,11H2,1-2H3. The number of nitrogens with zero attached hydrogens (tertiary/aromatic N) is 3. The van der Waals surface area contributed by atoms with E-state index in [0.29, 0.717) is 28.4 Å². The van der Waals surface area contributed by atoms with Crippen molar-refractivity contribution >= 4 is 28.6 Å². The molecule has 3 rings (SSSR count). The van der Waals surface area contributed by atoms with Gasteiger partial charge in [0.15, 0.2) is 10.9 Å². The Morgan fingerprint density at radius 3 is 2.65 bits per heavy atom. The lowest BCUT2D eigenvalue weighted by Crippen LogP contribution is -2.09. The monoisotopic (exact) mass is 381 g/mol. The molecule has 3 aromatic rings. The third-order valence-corrected chi connectivity index (χ3v) is 5.03. The minimum atomic E-state index is -4.40. The molecule has 1 aromatic carbocycles. The molecule has 26 heavy (non-hydrogen) atoms. The van der Waals surface area contributed by atoms with E-state index in [9.17, 15) is 18.0 Å². The van der Waals surface area contributed by atoms with Gasteiger partial charge in [-0.3, -0.25) is 4.79 Å². The van der Waals surface area contributed by atoms with Crippen LogP contribution < -0.4 is 0 Å². The van der Waals surface area contributed by atoms with Gasteiger partial charge >= 0.3 is 6.18 Å². The van der Waals surface area contributed by atoms with Crippen LogP contribution in [-0.2, 0) is 19.8 Å². The van der Waals surface area contributed by atoms with Gasteiger partial charge in [-0.05, 0) is 36.8 Å². The summed E-state index contributed by atoms with van der Waals surface area (Å²) in [6.45, 7) is 2.49. The van der Waals surface area contributed by atoms with Gasteiger partial charge in [-0.15, -0.1) is 0 Å². The maximum atomic E-state index is 13.0. The lowest BCUT2D eigenvalue weighted by molar-refractivity contribution is -0.137. The molecule has 0 unspecified atom stereocenters. The number of aromatic nitrogens is 3. The van der Waals surface area contributed by atoms with Crippen LogP contribution >= 0.6 is 11.8 Å². The molecule has 0 aliphatic heterocycles. The smallest absolute Gasteiger partial charge is 0.348 e. The fourth-order valence-corrected chi connectivity index (χ4v) is 3.70. The molecular weight excluding hydrogens is 363 g/mol. The number of Topliss-reactive ketones (excluding diaryl/α,β-unsaturated/α-hetero) is 1. The molecule has 0 aliphatic carbocycles. The zero-order valence-electron chi connectivity index (χ0n) is 14.4. The number of halogens is 3. The van der Waals surface area contributed by atoms with E-state index in [2.05, 4.69) is 4.98 Å². The molecule has 0 fully saturated rings. The van der Waals surface area contributed by atoms with E-state index in [1.165, 1.54) is 17.8 Å². The van der Waals surface area contributed by atoms with Crippen LogP contribution in [0.1, 0.15) is 29.4 Å². The summed E-state index contributed by atoms with van der Waals surface area (Å²) in [7, 11) is 1.79. The lowest BCUT2D eigenvalue weighted by Gasteiger charge is -2.09. The van der Waals surface area contributed by atoms with E-state index >= 15 is 0 Å².